The van der Waals surface area contributed by atoms with Crippen LogP contribution in [-0.2, 0) is 0 Å². The van der Waals surface area contributed by atoms with Gasteiger partial charge in [-0.15, -0.1) is 0 Å². The van der Waals surface area contributed by atoms with Crippen LogP contribution >= 0.6 is 0 Å². The molecule has 0 spiro atoms. The Bertz CT molecular complexity index is 448. The van der Waals surface area contributed by atoms with Crippen molar-refractivity contribution in [3.63, 3.8) is 0 Å². The Kier molecular flexibility index (Phi) is 4.05. The number of benzene rings is 1. The van der Waals surface area contributed by atoms with Gasteiger partial charge in [0.25, 0.3) is 0 Å². The van der Waals surface area contributed by atoms with Gasteiger partial charge in [-0.2, -0.15) is 0 Å². The summed E-state index contributed by atoms with van der Waals surface area (Å²) in [5, 5.41) is 3.48. The molecule has 0 unspecified atom stereocenters. The SMILES string of the molecule is CCCCNc1ccccc1-c1c#cccc1. The zero-order chi connectivity index (χ0) is 11.9. The van der Waals surface area contributed by atoms with Crippen LogP contribution in [0.15, 0.2) is 42.5 Å². The summed E-state index contributed by atoms with van der Waals surface area (Å²) in [7, 11) is 0. The largest absolute Gasteiger partial charge is 0.385 e. The summed E-state index contributed by atoms with van der Waals surface area (Å²) >= 11 is 0. The zero-order valence-electron chi connectivity index (χ0n) is 10.2. The second-order valence-corrected chi connectivity index (χ2v) is 4.03. The van der Waals surface area contributed by atoms with Crippen LogP contribution in [-0.4, -0.2) is 6.54 Å². The Hall–Kier alpha value is -1.94. The predicted molar refractivity (Wildman–Crippen MR) is 72.9 cm³/mol. The third-order valence-electron chi connectivity index (χ3n) is 2.71. The third-order valence-corrected chi connectivity index (χ3v) is 2.71. The number of unbranched alkanes of at least 4 members (excludes halogenated alkanes) is 1. The minimum atomic E-state index is 1.02. The maximum Gasteiger partial charge on any atom is 0.0426 e. The first-order valence-corrected chi connectivity index (χ1v) is 6.13. The molecular formula is C16H17N. The molecule has 0 saturated heterocycles. The van der Waals surface area contributed by atoms with Crippen LogP contribution in [0.2, 0.25) is 0 Å². The van der Waals surface area contributed by atoms with E-state index in [4.69, 9.17) is 0 Å². The second-order valence-electron chi connectivity index (χ2n) is 4.03. The lowest BCUT2D eigenvalue weighted by Gasteiger charge is -2.10. The van der Waals surface area contributed by atoms with E-state index in [0.29, 0.717) is 0 Å². The average molecular weight is 223 g/mol. The number of hydrogen-bond acceptors (Lipinski definition) is 1. The van der Waals surface area contributed by atoms with Crippen molar-refractivity contribution in [2.24, 2.45) is 0 Å². The van der Waals surface area contributed by atoms with E-state index >= 15 is 0 Å². The maximum atomic E-state index is 3.48. The molecule has 2 rings (SSSR count). The Labute approximate surface area is 103 Å². The first-order valence-electron chi connectivity index (χ1n) is 6.13. The molecule has 1 nitrogen and oxygen atoms in total. The van der Waals surface area contributed by atoms with Gasteiger partial charge in [-0.1, -0.05) is 49.7 Å². The van der Waals surface area contributed by atoms with Crippen LogP contribution in [0.4, 0.5) is 5.69 Å². The van der Waals surface area contributed by atoms with E-state index in [0.717, 1.165) is 12.1 Å². The summed E-state index contributed by atoms with van der Waals surface area (Å²) in [5.74, 6) is 0. The molecule has 0 saturated carbocycles. The van der Waals surface area contributed by atoms with Gasteiger partial charge < -0.3 is 5.32 Å². The molecule has 0 aromatic heterocycles. The van der Waals surface area contributed by atoms with Gasteiger partial charge in [0.1, 0.15) is 0 Å². The highest BCUT2D eigenvalue weighted by Gasteiger charge is 2.02. The summed E-state index contributed by atoms with van der Waals surface area (Å²) in [4.78, 5) is 0. The maximum absolute atomic E-state index is 3.48. The Morgan fingerprint density at radius 3 is 2.76 bits per heavy atom. The molecule has 0 heterocycles. The molecule has 0 aliphatic carbocycles. The molecule has 0 atom stereocenters. The van der Waals surface area contributed by atoms with Crippen molar-refractivity contribution in [2.75, 3.05) is 11.9 Å². The molecule has 1 heteroatoms. The molecule has 0 aliphatic heterocycles. The molecule has 1 N–H and O–H groups in total. The Balaban J connectivity index is 2.22. The lowest BCUT2D eigenvalue weighted by Crippen LogP contribution is -2.01. The lowest BCUT2D eigenvalue weighted by atomic mass is 10.1. The molecule has 2 aromatic carbocycles. The second kappa shape index (κ2) is 5.96. The molecule has 86 valence electrons. The topological polar surface area (TPSA) is 12.0 Å². The highest BCUT2D eigenvalue weighted by Crippen LogP contribution is 2.26. The van der Waals surface area contributed by atoms with Gasteiger partial charge in [0.15, 0.2) is 0 Å². The standard InChI is InChI=1S/C16H17N/c1-2-3-13-17-16-12-8-7-11-15(16)14-9-5-4-6-10-14/h4-5,7-9,11-12,17H,2-3,13H2,1H3. The van der Waals surface area contributed by atoms with E-state index in [9.17, 15) is 0 Å². The van der Waals surface area contributed by atoms with E-state index in [-0.39, 0.29) is 0 Å². The van der Waals surface area contributed by atoms with Gasteiger partial charge in [-0.05, 0) is 24.6 Å². The molecule has 0 fully saturated rings. The molecule has 17 heavy (non-hydrogen) atoms. The zero-order valence-corrected chi connectivity index (χ0v) is 10.2. The van der Waals surface area contributed by atoms with Gasteiger partial charge in [-0.25, -0.2) is 0 Å². The van der Waals surface area contributed by atoms with E-state index in [1.165, 1.54) is 24.1 Å². The number of hydrogen-bond donors (Lipinski definition) is 1. The molecule has 0 bridgehead atoms. The molecule has 0 aliphatic rings. The van der Waals surface area contributed by atoms with E-state index in [1.54, 1.807) is 0 Å². The van der Waals surface area contributed by atoms with Gasteiger partial charge in [0.2, 0.25) is 0 Å². The predicted octanol–water partition coefficient (Wildman–Crippen LogP) is 4.17. The van der Waals surface area contributed by atoms with Crippen LogP contribution in [0, 0.1) is 12.1 Å². The highest BCUT2D eigenvalue weighted by molar-refractivity contribution is 5.76. The minimum absolute atomic E-state index is 1.02. The Morgan fingerprint density at radius 2 is 2.00 bits per heavy atom. The van der Waals surface area contributed by atoms with Gasteiger partial charge in [0, 0.05) is 23.4 Å². The van der Waals surface area contributed by atoms with Crippen LogP contribution < -0.4 is 5.32 Å². The number of nitrogens with one attached hydrogen (secondary N) is 1. The fourth-order valence-corrected chi connectivity index (χ4v) is 1.78. The number of rotatable bonds is 5. The first-order chi connectivity index (χ1) is 8.42. The van der Waals surface area contributed by atoms with E-state index < -0.39 is 0 Å². The summed E-state index contributed by atoms with van der Waals surface area (Å²) in [6.07, 6.45) is 2.40. The molecule has 0 radical (unpaired) electrons. The van der Waals surface area contributed by atoms with Crippen molar-refractivity contribution in [3.8, 4) is 11.1 Å². The number of anilines is 1. The monoisotopic (exact) mass is 223 g/mol. The van der Waals surface area contributed by atoms with Crippen molar-refractivity contribution in [2.45, 2.75) is 19.8 Å². The van der Waals surface area contributed by atoms with E-state index in [2.05, 4.69) is 54.7 Å². The quantitative estimate of drug-likeness (QED) is 0.750. The van der Waals surface area contributed by atoms with Gasteiger partial charge in [0.05, 0.1) is 0 Å². The molecule has 0 amide bonds. The van der Waals surface area contributed by atoms with Crippen molar-refractivity contribution in [1.29, 1.82) is 0 Å². The van der Waals surface area contributed by atoms with Gasteiger partial charge in [-0.3, -0.25) is 0 Å². The first kappa shape index (κ1) is 11.5. The summed E-state index contributed by atoms with van der Waals surface area (Å²) in [5.41, 5.74) is 3.46. The van der Waals surface area contributed by atoms with E-state index in [1.807, 2.05) is 12.1 Å². The molecule has 2 aromatic rings. The third kappa shape index (κ3) is 3.01. The number of para-hydroxylation sites is 1. The Morgan fingerprint density at radius 1 is 1.12 bits per heavy atom. The summed E-state index contributed by atoms with van der Waals surface area (Å²) in [6, 6.07) is 20.4. The average Bonchev–Trinajstić information content (AvgIpc) is 2.41. The van der Waals surface area contributed by atoms with Crippen LogP contribution in [0.5, 0.6) is 0 Å². The lowest BCUT2D eigenvalue weighted by molar-refractivity contribution is 0.834. The highest BCUT2D eigenvalue weighted by atomic mass is 14.9. The minimum Gasteiger partial charge on any atom is -0.385 e. The summed E-state index contributed by atoms with van der Waals surface area (Å²) in [6.45, 7) is 3.22. The smallest absolute Gasteiger partial charge is 0.0426 e. The van der Waals surface area contributed by atoms with Crippen LogP contribution in [0.1, 0.15) is 19.8 Å². The fraction of sp³-hybridized carbons (Fsp3) is 0.250. The van der Waals surface area contributed by atoms with Gasteiger partial charge >= 0.3 is 0 Å². The van der Waals surface area contributed by atoms with Crippen molar-refractivity contribution in [3.05, 3.63) is 54.6 Å². The summed E-state index contributed by atoms with van der Waals surface area (Å²) < 4.78 is 0. The fourth-order valence-electron chi connectivity index (χ4n) is 1.78. The molecular weight excluding hydrogens is 206 g/mol. The van der Waals surface area contributed by atoms with Crippen molar-refractivity contribution < 1.29 is 0 Å². The van der Waals surface area contributed by atoms with Crippen molar-refractivity contribution in [1.82, 2.24) is 0 Å². The van der Waals surface area contributed by atoms with Crippen LogP contribution in [0.3, 0.4) is 0 Å². The van der Waals surface area contributed by atoms with Crippen LogP contribution in [0.25, 0.3) is 11.1 Å². The van der Waals surface area contributed by atoms with Crippen molar-refractivity contribution >= 4 is 5.69 Å². The normalized spacial score (nSPS) is 9.71.